The van der Waals surface area contributed by atoms with E-state index in [2.05, 4.69) is 10.3 Å². The van der Waals surface area contributed by atoms with Crippen LogP contribution in [0.3, 0.4) is 0 Å². The molecule has 1 aromatic rings. The molecule has 0 fully saturated rings. The van der Waals surface area contributed by atoms with E-state index in [4.69, 9.17) is 9.84 Å². The highest BCUT2D eigenvalue weighted by atomic mass is 16.5. The van der Waals surface area contributed by atoms with Crippen LogP contribution in [-0.4, -0.2) is 22.8 Å². The highest BCUT2D eigenvalue weighted by molar-refractivity contribution is 5.83. The average Bonchev–Trinajstić information content (AvgIpc) is 2.26. The van der Waals surface area contributed by atoms with E-state index in [1.54, 1.807) is 18.2 Å². The summed E-state index contributed by atoms with van der Waals surface area (Å²) in [6, 6.07) is 5.00. The normalized spacial score (nSPS) is 9.73. The monoisotopic (exact) mass is 210 g/mol. The van der Waals surface area contributed by atoms with Crippen molar-refractivity contribution in [1.82, 2.24) is 4.98 Å². The number of hydrogen-bond donors (Lipinski definition) is 2. The van der Waals surface area contributed by atoms with Crippen LogP contribution in [0.25, 0.3) is 0 Å². The van der Waals surface area contributed by atoms with E-state index in [0.29, 0.717) is 18.1 Å². The van der Waals surface area contributed by atoms with Gasteiger partial charge in [0.1, 0.15) is 5.82 Å². The molecule has 1 heterocycles. The molecule has 0 saturated heterocycles. The zero-order valence-electron chi connectivity index (χ0n) is 8.56. The molecule has 0 atom stereocenters. The lowest BCUT2D eigenvalue weighted by Gasteiger charge is -2.05. The molecule has 0 saturated carbocycles. The topological polar surface area (TPSA) is 71.5 Å². The Kier molecular flexibility index (Phi) is 4.56. The largest absolute Gasteiger partial charge is 0.449 e. The molecule has 15 heavy (non-hydrogen) atoms. The van der Waals surface area contributed by atoms with Gasteiger partial charge in [-0.25, -0.2) is 9.78 Å². The standard InChI is InChI=1S/C10H14N2O3/c1-2-6-15-10(14)12-9-5-3-4-8(7-13)11-9/h3-5,13H,2,6-7H2,1H3,(H,11,12,14). The molecule has 0 spiro atoms. The van der Waals surface area contributed by atoms with Gasteiger partial charge in [-0.1, -0.05) is 13.0 Å². The van der Waals surface area contributed by atoms with Crippen molar-refractivity contribution in [2.75, 3.05) is 11.9 Å². The molecule has 0 aliphatic rings. The summed E-state index contributed by atoms with van der Waals surface area (Å²) in [6.45, 7) is 2.14. The van der Waals surface area contributed by atoms with Crippen LogP contribution in [-0.2, 0) is 11.3 Å². The maximum atomic E-state index is 11.1. The average molecular weight is 210 g/mol. The fraction of sp³-hybridized carbons (Fsp3) is 0.400. The molecular weight excluding hydrogens is 196 g/mol. The Bertz CT molecular complexity index is 328. The Balaban J connectivity index is 2.52. The second-order valence-corrected chi connectivity index (χ2v) is 2.93. The van der Waals surface area contributed by atoms with Gasteiger partial charge in [0.15, 0.2) is 0 Å². The number of hydrogen-bond acceptors (Lipinski definition) is 4. The van der Waals surface area contributed by atoms with Crippen LogP contribution >= 0.6 is 0 Å². The number of ether oxygens (including phenoxy) is 1. The number of rotatable bonds is 4. The van der Waals surface area contributed by atoms with Crippen LogP contribution in [0.2, 0.25) is 0 Å². The third-order valence-electron chi connectivity index (χ3n) is 1.64. The summed E-state index contributed by atoms with van der Waals surface area (Å²) in [7, 11) is 0. The third kappa shape index (κ3) is 3.95. The fourth-order valence-corrected chi connectivity index (χ4v) is 0.973. The smallest absolute Gasteiger partial charge is 0.412 e. The van der Waals surface area contributed by atoms with Crippen molar-refractivity contribution < 1.29 is 14.6 Å². The van der Waals surface area contributed by atoms with Crippen molar-refractivity contribution in [2.45, 2.75) is 20.0 Å². The molecular formula is C10H14N2O3. The molecule has 1 rings (SSSR count). The molecule has 0 unspecified atom stereocenters. The number of pyridine rings is 1. The number of aromatic nitrogens is 1. The van der Waals surface area contributed by atoms with Crippen LogP contribution in [0.15, 0.2) is 18.2 Å². The number of nitrogens with one attached hydrogen (secondary N) is 1. The van der Waals surface area contributed by atoms with Gasteiger partial charge in [0.05, 0.1) is 18.9 Å². The van der Waals surface area contributed by atoms with Crippen LogP contribution in [0, 0.1) is 0 Å². The molecule has 0 aromatic carbocycles. The summed E-state index contributed by atoms with van der Waals surface area (Å²) in [6.07, 6.45) is 0.247. The van der Waals surface area contributed by atoms with Gasteiger partial charge in [0, 0.05) is 0 Å². The minimum Gasteiger partial charge on any atom is -0.449 e. The van der Waals surface area contributed by atoms with Crippen LogP contribution < -0.4 is 5.32 Å². The SMILES string of the molecule is CCCOC(=O)Nc1cccc(CO)n1. The molecule has 0 bridgehead atoms. The number of carbonyl (C=O) groups is 1. The van der Waals surface area contributed by atoms with Gasteiger partial charge in [-0.2, -0.15) is 0 Å². The Hall–Kier alpha value is -1.62. The first-order valence-corrected chi connectivity index (χ1v) is 4.77. The number of carbonyl (C=O) groups excluding carboxylic acids is 1. The lowest BCUT2D eigenvalue weighted by Crippen LogP contribution is -2.15. The molecule has 0 aliphatic heterocycles. The first kappa shape index (κ1) is 11.5. The number of anilines is 1. The predicted molar refractivity (Wildman–Crippen MR) is 55.4 cm³/mol. The highest BCUT2D eigenvalue weighted by Gasteiger charge is 2.03. The van der Waals surface area contributed by atoms with E-state index in [9.17, 15) is 4.79 Å². The van der Waals surface area contributed by atoms with Crippen LogP contribution in [0.4, 0.5) is 10.6 Å². The van der Waals surface area contributed by atoms with E-state index >= 15 is 0 Å². The van der Waals surface area contributed by atoms with E-state index in [0.717, 1.165) is 6.42 Å². The van der Waals surface area contributed by atoms with E-state index < -0.39 is 6.09 Å². The van der Waals surface area contributed by atoms with Gasteiger partial charge in [0.25, 0.3) is 0 Å². The van der Waals surface area contributed by atoms with Gasteiger partial charge >= 0.3 is 6.09 Å². The highest BCUT2D eigenvalue weighted by Crippen LogP contribution is 2.05. The second-order valence-electron chi connectivity index (χ2n) is 2.93. The summed E-state index contributed by atoms with van der Waals surface area (Å²) in [4.78, 5) is 15.1. The molecule has 2 N–H and O–H groups in total. The molecule has 1 aromatic heterocycles. The Morgan fingerprint density at radius 2 is 2.40 bits per heavy atom. The fourth-order valence-electron chi connectivity index (χ4n) is 0.973. The minimum absolute atomic E-state index is 0.153. The Morgan fingerprint density at radius 1 is 1.60 bits per heavy atom. The van der Waals surface area contributed by atoms with Gasteiger partial charge in [-0.3, -0.25) is 5.32 Å². The first-order valence-electron chi connectivity index (χ1n) is 4.77. The summed E-state index contributed by atoms with van der Waals surface area (Å²) < 4.78 is 4.82. The third-order valence-corrected chi connectivity index (χ3v) is 1.64. The summed E-state index contributed by atoms with van der Waals surface area (Å²) in [5.74, 6) is 0.377. The molecule has 0 radical (unpaired) electrons. The predicted octanol–water partition coefficient (Wildman–Crippen LogP) is 1.53. The van der Waals surface area contributed by atoms with E-state index in [-0.39, 0.29) is 6.61 Å². The lowest BCUT2D eigenvalue weighted by atomic mass is 10.3. The van der Waals surface area contributed by atoms with Gasteiger partial charge in [-0.15, -0.1) is 0 Å². The number of aliphatic hydroxyl groups is 1. The Labute approximate surface area is 88.1 Å². The van der Waals surface area contributed by atoms with Crippen molar-refractivity contribution in [3.8, 4) is 0 Å². The van der Waals surface area contributed by atoms with Gasteiger partial charge in [-0.05, 0) is 18.6 Å². The lowest BCUT2D eigenvalue weighted by molar-refractivity contribution is 0.161. The van der Waals surface area contributed by atoms with Gasteiger partial charge in [0.2, 0.25) is 0 Å². The zero-order valence-corrected chi connectivity index (χ0v) is 8.56. The summed E-state index contributed by atoms with van der Waals surface area (Å²) in [5, 5.41) is 11.3. The number of aliphatic hydroxyl groups excluding tert-OH is 1. The molecule has 1 amide bonds. The summed E-state index contributed by atoms with van der Waals surface area (Å²) in [5.41, 5.74) is 0.503. The number of amides is 1. The van der Waals surface area contributed by atoms with E-state index in [1.165, 1.54) is 0 Å². The van der Waals surface area contributed by atoms with Crippen molar-refractivity contribution in [3.63, 3.8) is 0 Å². The van der Waals surface area contributed by atoms with Crippen molar-refractivity contribution in [3.05, 3.63) is 23.9 Å². The quantitative estimate of drug-likeness (QED) is 0.790. The summed E-state index contributed by atoms with van der Waals surface area (Å²) >= 11 is 0. The van der Waals surface area contributed by atoms with E-state index in [1.807, 2.05) is 6.92 Å². The molecule has 82 valence electrons. The number of nitrogens with zero attached hydrogens (tertiary/aromatic N) is 1. The van der Waals surface area contributed by atoms with Crippen molar-refractivity contribution >= 4 is 11.9 Å². The van der Waals surface area contributed by atoms with Crippen LogP contribution in [0.1, 0.15) is 19.0 Å². The van der Waals surface area contributed by atoms with Crippen LogP contribution in [0.5, 0.6) is 0 Å². The van der Waals surface area contributed by atoms with Crippen molar-refractivity contribution in [1.29, 1.82) is 0 Å². The first-order chi connectivity index (χ1) is 7.26. The zero-order chi connectivity index (χ0) is 11.1. The Morgan fingerprint density at radius 3 is 3.07 bits per heavy atom. The molecule has 0 aliphatic carbocycles. The minimum atomic E-state index is -0.528. The van der Waals surface area contributed by atoms with Gasteiger partial charge < -0.3 is 9.84 Å². The second kappa shape index (κ2) is 5.98. The maximum absolute atomic E-state index is 11.1. The van der Waals surface area contributed by atoms with Crippen molar-refractivity contribution in [2.24, 2.45) is 0 Å². The molecule has 5 heteroatoms. The maximum Gasteiger partial charge on any atom is 0.412 e. The molecule has 5 nitrogen and oxygen atoms in total.